The van der Waals surface area contributed by atoms with E-state index in [0.717, 1.165) is 10.7 Å². The van der Waals surface area contributed by atoms with E-state index in [1.165, 1.54) is 11.8 Å². The number of ether oxygens (including phenoxy) is 1. The number of ketones is 1. The second-order valence-corrected chi connectivity index (χ2v) is 4.88. The van der Waals surface area contributed by atoms with Gasteiger partial charge in [0.15, 0.2) is 0 Å². The van der Waals surface area contributed by atoms with E-state index in [0.29, 0.717) is 12.4 Å². The van der Waals surface area contributed by atoms with Crippen molar-refractivity contribution in [1.82, 2.24) is 9.78 Å². The average Bonchev–Trinajstić information content (AvgIpc) is 2.63. The molecule has 0 fully saturated rings. The summed E-state index contributed by atoms with van der Waals surface area (Å²) in [5.74, 6) is 0.0948. The molecule has 0 saturated carbocycles. The Bertz CT molecular complexity index is 429. The minimum Gasteiger partial charge on any atom is -0.466 e. The molecule has 1 aromatic rings. The molecule has 0 aromatic carbocycles. The topological polar surface area (TPSA) is 61.2 Å². The third-order valence-corrected chi connectivity index (χ3v) is 3.40. The molecule has 100 valence electrons. The van der Waals surface area contributed by atoms with Gasteiger partial charge in [-0.05, 0) is 19.9 Å². The van der Waals surface area contributed by atoms with E-state index in [2.05, 4.69) is 5.10 Å². The first kappa shape index (κ1) is 14.8. The fourth-order valence-electron chi connectivity index (χ4n) is 1.42. The number of hydrogen-bond donors (Lipinski definition) is 0. The highest BCUT2D eigenvalue weighted by molar-refractivity contribution is 7.99. The molecule has 6 heteroatoms. The van der Waals surface area contributed by atoms with E-state index in [-0.39, 0.29) is 24.6 Å². The molecule has 0 atom stereocenters. The Morgan fingerprint density at radius 2 is 2.17 bits per heavy atom. The van der Waals surface area contributed by atoms with Gasteiger partial charge >= 0.3 is 5.97 Å². The molecule has 0 unspecified atom stereocenters. The number of esters is 1. The molecular weight excluding hydrogens is 252 g/mol. The molecule has 1 heterocycles. The molecule has 18 heavy (non-hydrogen) atoms. The van der Waals surface area contributed by atoms with Gasteiger partial charge in [-0.3, -0.25) is 14.3 Å². The second-order valence-electron chi connectivity index (χ2n) is 3.88. The van der Waals surface area contributed by atoms with Gasteiger partial charge < -0.3 is 4.74 Å². The van der Waals surface area contributed by atoms with Crippen molar-refractivity contribution in [1.29, 1.82) is 0 Å². The third-order valence-electron chi connectivity index (χ3n) is 2.25. The van der Waals surface area contributed by atoms with Crippen molar-refractivity contribution in [2.75, 3.05) is 12.4 Å². The minimum atomic E-state index is -0.313. The fourth-order valence-corrected chi connectivity index (χ4v) is 2.36. The van der Waals surface area contributed by atoms with Crippen LogP contribution in [0.3, 0.4) is 0 Å². The maximum absolute atomic E-state index is 11.6. The van der Waals surface area contributed by atoms with Crippen molar-refractivity contribution in [3.8, 4) is 0 Å². The summed E-state index contributed by atoms with van der Waals surface area (Å²) in [5, 5.41) is 5.15. The van der Waals surface area contributed by atoms with Crippen molar-refractivity contribution < 1.29 is 14.3 Å². The Kier molecular flexibility index (Phi) is 5.91. The number of aromatic nitrogens is 2. The Balaban J connectivity index is 2.29. The van der Waals surface area contributed by atoms with Gasteiger partial charge in [0.25, 0.3) is 0 Å². The molecule has 0 aliphatic rings. The van der Waals surface area contributed by atoms with Crippen LogP contribution in [0.25, 0.3) is 0 Å². The SMILES string of the molecule is CCOC(=O)CCC(=O)CSc1cc(C)nn1C. The van der Waals surface area contributed by atoms with Gasteiger partial charge in [-0.15, -0.1) is 0 Å². The van der Waals surface area contributed by atoms with Crippen LogP contribution in [0.1, 0.15) is 25.5 Å². The Morgan fingerprint density at radius 1 is 1.44 bits per heavy atom. The molecule has 5 nitrogen and oxygen atoms in total. The maximum atomic E-state index is 11.6. The van der Waals surface area contributed by atoms with Gasteiger partial charge in [-0.2, -0.15) is 5.10 Å². The van der Waals surface area contributed by atoms with Gasteiger partial charge in [0, 0.05) is 13.5 Å². The largest absolute Gasteiger partial charge is 0.466 e. The van der Waals surface area contributed by atoms with Crippen molar-refractivity contribution in [3.05, 3.63) is 11.8 Å². The Morgan fingerprint density at radius 3 is 2.72 bits per heavy atom. The highest BCUT2D eigenvalue weighted by Crippen LogP contribution is 2.18. The molecular formula is C12H18N2O3S. The lowest BCUT2D eigenvalue weighted by Gasteiger charge is -2.02. The molecule has 1 aromatic heterocycles. The second kappa shape index (κ2) is 7.20. The predicted octanol–water partition coefficient (Wildman–Crippen LogP) is 1.73. The van der Waals surface area contributed by atoms with Crippen molar-refractivity contribution in [2.45, 2.75) is 31.7 Å². The van der Waals surface area contributed by atoms with Crippen LogP contribution in [0, 0.1) is 6.92 Å². The van der Waals surface area contributed by atoms with Crippen molar-refractivity contribution in [2.24, 2.45) is 7.05 Å². The molecule has 0 radical (unpaired) electrons. The number of thioether (sulfide) groups is 1. The highest BCUT2D eigenvalue weighted by Gasteiger charge is 2.10. The lowest BCUT2D eigenvalue weighted by atomic mass is 10.2. The normalized spacial score (nSPS) is 10.4. The molecule has 0 spiro atoms. The summed E-state index contributed by atoms with van der Waals surface area (Å²) in [5.41, 5.74) is 0.930. The number of rotatable bonds is 7. The van der Waals surface area contributed by atoms with E-state index < -0.39 is 0 Å². The predicted molar refractivity (Wildman–Crippen MR) is 69.5 cm³/mol. The molecule has 0 amide bonds. The summed E-state index contributed by atoms with van der Waals surface area (Å²) < 4.78 is 6.51. The number of carbonyl (C=O) groups is 2. The molecule has 0 bridgehead atoms. The quantitative estimate of drug-likeness (QED) is 0.558. The van der Waals surface area contributed by atoms with Crippen LogP contribution < -0.4 is 0 Å². The highest BCUT2D eigenvalue weighted by atomic mass is 32.2. The number of aryl methyl sites for hydroxylation is 2. The lowest BCUT2D eigenvalue weighted by molar-refractivity contribution is -0.144. The van der Waals surface area contributed by atoms with Crippen LogP contribution in [-0.4, -0.2) is 33.9 Å². The average molecular weight is 270 g/mol. The van der Waals surface area contributed by atoms with E-state index in [1.807, 2.05) is 20.0 Å². The van der Waals surface area contributed by atoms with Crippen LogP contribution in [0.4, 0.5) is 0 Å². The van der Waals surface area contributed by atoms with Gasteiger partial charge in [-0.1, -0.05) is 11.8 Å². The summed E-state index contributed by atoms with van der Waals surface area (Å²) in [6.45, 7) is 4.02. The van der Waals surface area contributed by atoms with Crippen molar-refractivity contribution >= 4 is 23.5 Å². The first-order valence-corrected chi connectivity index (χ1v) is 6.82. The number of Topliss-reactive ketones (excluding diaryl/α,β-unsaturated/α-hetero) is 1. The van der Waals surface area contributed by atoms with Crippen LogP contribution in [0.15, 0.2) is 11.1 Å². The monoisotopic (exact) mass is 270 g/mol. The van der Waals surface area contributed by atoms with E-state index in [9.17, 15) is 9.59 Å². The van der Waals surface area contributed by atoms with Crippen LogP contribution in [0.2, 0.25) is 0 Å². The third kappa shape index (κ3) is 4.91. The summed E-state index contributed by atoms with van der Waals surface area (Å²) >= 11 is 1.44. The molecule has 0 N–H and O–H groups in total. The summed E-state index contributed by atoms with van der Waals surface area (Å²) in [6, 6.07) is 1.93. The summed E-state index contributed by atoms with van der Waals surface area (Å²) in [6.07, 6.45) is 0.403. The zero-order chi connectivity index (χ0) is 13.5. The number of hydrogen-bond acceptors (Lipinski definition) is 5. The fraction of sp³-hybridized carbons (Fsp3) is 0.583. The summed E-state index contributed by atoms with van der Waals surface area (Å²) in [7, 11) is 1.85. The molecule has 0 saturated heterocycles. The van der Waals surface area contributed by atoms with Crippen LogP contribution in [0.5, 0.6) is 0 Å². The Hall–Kier alpha value is -1.30. The van der Waals surface area contributed by atoms with Gasteiger partial charge in [0.05, 0.1) is 29.5 Å². The smallest absolute Gasteiger partial charge is 0.306 e. The van der Waals surface area contributed by atoms with E-state index >= 15 is 0 Å². The van der Waals surface area contributed by atoms with Crippen LogP contribution >= 0.6 is 11.8 Å². The molecule has 1 rings (SSSR count). The number of carbonyl (C=O) groups excluding carboxylic acids is 2. The van der Waals surface area contributed by atoms with Crippen molar-refractivity contribution in [3.63, 3.8) is 0 Å². The molecule has 0 aliphatic carbocycles. The lowest BCUT2D eigenvalue weighted by Crippen LogP contribution is -2.09. The van der Waals surface area contributed by atoms with Gasteiger partial charge in [0.2, 0.25) is 0 Å². The first-order chi connectivity index (χ1) is 8.52. The maximum Gasteiger partial charge on any atom is 0.306 e. The number of nitrogens with zero attached hydrogens (tertiary/aromatic N) is 2. The summed E-state index contributed by atoms with van der Waals surface area (Å²) in [4.78, 5) is 22.7. The zero-order valence-electron chi connectivity index (χ0n) is 10.9. The Labute approximate surface area is 111 Å². The molecule has 0 aliphatic heterocycles. The standard InChI is InChI=1S/C12H18N2O3S/c1-4-17-12(16)6-5-10(15)8-18-11-7-9(2)13-14(11)3/h7H,4-6,8H2,1-3H3. The zero-order valence-corrected chi connectivity index (χ0v) is 11.7. The van der Waals surface area contributed by atoms with Gasteiger partial charge in [0.1, 0.15) is 5.78 Å². The first-order valence-electron chi connectivity index (χ1n) is 5.83. The minimum absolute atomic E-state index is 0.0481. The van der Waals surface area contributed by atoms with Gasteiger partial charge in [-0.25, -0.2) is 0 Å². The van der Waals surface area contributed by atoms with E-state index in [4.69, 9.17) is 4.74 Å². The van der Waals surface area contributed by atoms with Crippen LogP contribution in [-0.2, 0) is 21.4 Å². The van der Waals surface area contributed by atoms with E-state index in [1.54, 1.807) is 11.6 Å².